The maximum atomic E-state index is 5.82. The third kappa shape index (κ3) is 3.51. The zero-order chi connectivity index (χ0) is 13.7. The molecule has 0 bridgehead atoms. The van der Waals surface area contributed by atoms with E-state index in [1.165, 1.54) is 5.56 Å². The van der Waals surface area contributed by atoms with Gasteiger partial charge in [0, 0.05) is 18.7 Å². The van der Waals surface area contributed by atoms with E-state index in [9.17, 15) is 0 Å². The molecular weight excluding hydrogens is 238 g/mol. The van der Waals surface area contributed by atoms with Gasteiger partial charge in [0.05, 0.1) is 5.69 Å². The van der Waals surface area contributed by atoms with Gasteiger partial charge < -0.3 is 10.5 Å². The molecule has 0 unspecified atom stereocenters. The minimum absolute atomic E-state index is 0.368. The van der Waals surface area contributed by atoms with Crippen LogP contribution in [-0.2, 0) is 17.8 Å². The van der Waals surface area contributed by atoms with Crippen LogP contribution in [0.5, 0.6) is 0 Å². The van der Waals surface area contributed by atoms with Crippen LogP contribution in [-0.4, -0.2) is 17.1 Å². The number of hydrogen-bond donors (Lipinski definition) is 1. The lowest BCUT2D eigenvalue weighted by molar-refractivity contribution is 0.178. The second-order valence-corrected chi connectivity index (χ2v) is 4.48. The van der Waals surface area contributed by atoms with E-state index in [1.54, 1.807) is 13.2 Å². The van der Waals surface area contributed by atoms with E-state index >= 15 is 0 Å². The van der Waals surface area contributed by atoms with Gasteiger partial charge in [0.2, 0.25) is 0 Å². The first-order chi connectivity index (χ1) is 9.22. The van der Waals surface area contributed by atoms with E-state index in [0.717, 1.165) is 24.1 Å². The van der Waals surface area contributed by atoms with Gasteiger partial charge in [0.1, 0.15) is 12.4 Å². The van der Waals surface area contributed by atoms with Gasteiger partial charge in [-0.15, -0.1) is 0 Å². The standard InChI is InChI=1S/C15H19N3O/c1-3-5-11-6-4-7-12(8-11)13-9-14(16)18-15(17-13)10-19-2/h4,6-9H,3,5,10H2,1-2H3,(H2,16,17,18). The summed E-state index contributed by atoms with van der Waals surface area (Å²) in [5.74, 6) is 1.08. The SMILES string of the molecule is CCCc1cccc(-c2cc(N)nc(COC)n2)c1. The first kappa shape index (κ1) is 13.5. The summed E-state index contributed by atoms with van der Waals surface area (Å²) in [6.45, 7) is 2.54. The second-order valence-electron chi connectivity index (χ2n) is 4.48. The fourth-order valence-corrected chi connectivity index (χ4v) is 2.03. The zero-order valence-electron chi connectivity index (χ0n) is 11.4. The van der Waals surface area contributed by atoms with Crippen LogP contribution in [0.4, 0.5) is 5.82 Å². The largest absolute Gasteiger partial charge is 0.384 e. The molecule has 0 aliphatic heterocycles. The fraction of sp³-hybridized carbons (Fsp3) is 0.333. The van der Waals surface area contributed by atoms with Crippen molar-refractivity contribution in [3.8, 4) is 11.3 Å². The first-order valence-electron chi connectivity index (χ1n) is 6.44. The normalized spacial score (nSPS) is 10.6. The van der Waals surface area contributed by atoms with E-state index < -0.39 is 0 Å². The van der Waals surface area contributed by atoms with Crippen molar-refractivity contribution >= 4 is 5.82 Å². The molecule has 4 nitrogen and oxygen atoms in total. The Morgan fingerprint density at radius 2 is 2.05 bits per heavy atom. The van der Waals surface area contributed by atoms with Crippen molar-refractivity contribution in [2.24, 2.45) is 0 Å². The smallest absolute Gasteiger partial charge is 0.157 e. The maximum absolute atomic E-state index is 5.82. The number of ether oxygens (including phenoxy) is 1. The van der Waals surface area contributed by atoms with Crippen molar-refractivity contribution in [1.82, 2.24) is 9.97 Å². The van der Waals surface area contributed by atoms with Crippen LogP contribution >= 0.6 is 0 Å². The van der Waals surface area contributed by atoms with Gasteiger partial charge in [-0.05, 0) is 18.1 Å². The van der Waals surface area contributed by atoms with Crippen molar-refractivity contribution in [1.29, 1.82) is 0 Å². The number of nitrogens with zero attached hydrogens (tertiary/aromatic N) is 2. The average Bonchev–Trinajstić information content (AvgIpc) is 2.39. The summed E-state index contributed by atoms with van der Waals surface area (Å²) in [4.78, 5) is 8.63. The van der Waals surface area contributed by atoms with E-state index in [4.69, 9.17) is 10.5 Å². The molecule has 2 aromatic rings. The van der Waals surface area contributed by atoms with Crippen LogP contribution in [0.2, 0.25) is 0 Å². The Morgan fingerprint density at radius 1 is 1.21 bits per heavy atom. The molecule has 0 aliphatic carbocycles. The van der Waals surface area contributed by atoms with Crippen LogP contribution in [0.25, 0.3) is 11.3 Å². The first-order valence-corrected chi connectivity index (χ1v) is 6.44. The quantitative estimate of drug-likeness (QED) is 0.894. The second kappa shape index (κ2) is 6.29. The van der Waals surface area contributed by atoms with E-state index in [1.807, 2.05) is 6.07 Å². The van der Waals surface area contributed by atoms with Gasteiger partial charge in [-0.25, -0.2) is 9.97 Å². The predicted octanol–water partition coefficient (Wildman–Crippen LogP) is 2.82. The van der Waals surface area contributed by atoms with E-state index in [2.05, 4.69) is 35.1 Å². The van der Waals surface area contributed by atoms with Crippen LogP contribution in [0.1, 0.15) is 24.7 Å². The van der Waals surface area contributed by atoms with Gasteiger partial charge in [-0.2, -0.15) is 0 Å². The molecule has 19 heavy (non-hydrogen) atoms. The number of aromatic nitrogens is 2. The molecule has 0 fully saturated rings. The average molecular weight is 257 g/mol. The highest BCUT2D eigenvalue weighted by Crippen LogP contribution is 2.21. The predicted molar refractivity (Wildman–Crippen MR) is 76.6 cm³/mol. The molecule has 1 aromatic carbocycles. The van der Waals surface area contributed by atoms with Crippen molar-refractivity contribution in [2.45, 2.75) is 26.4 Å². The number of rotatable bonds is 5. The summed E-state index contributed by atoms with van der Waals surface area (Å²) < 4.78 is 5.06. The van der Waals surface area contributed by atoms with Crippen LogP contribution in [0.3, 0.4) is 0 Å². The summed E-state index contributed by atoms with van der Waals surface area (Å²) in [7, 11) is 1.62. The summed E-state index contributed by atoms with van der Waals surface area (Å²) in [6, 6.07) is 10.2. The number of hydrogen-bond acceptors (Lipinski definition) is 4. The van der Waals surface area contributed by atoms with Gasteiger partial charge >= 0.3 is 0 Å². The Bertz CT molecular complexity index is 555. The molecule has 0 amide bonds. The molecule has 0 saturated carbocycles. The molecule has 0 aliphatic rings. The molecule has 2 N–H and O–H groups in total. The highest BCUT2D eigenvalue weighted by molar-refractivity contribution is 5.62. The van der Waals surface area contributed by atoms with Gasteiger partial charge in [-0.1, -0.05) is 31.5 Å². The van der Waals surface area contributed by atoms with Crippen molar-refractivity contribution in [2.75, 3.05) is 12.8 Å². The van der Waals surface area contributed by atoms with Gasteiger partial charge in [-0.3, -0.25) is 0 Å². The molecule has 1 heterocycles. The Morgan fingerprint density at radius 3 is 2.79 bits per heavy atom. The summed E-state index contributed by atoms with van der Waals surface area (Å²) in [5.41, 5.74) is 9.04. The molecule has 0 saturated heterocycles. The third-order valence-corrected chi connectivity index (χ3v) is 2.83. The summed E-state index contributed by atoms with van der Waals surface area (Å²) in [6.07, 6.45) is 2.20. The number of anilines is 1. The lowest BCUT2D eigenvalue weighted by Crippen LogP contribution is -2.02. The van der Waals surface area contributed by atoms with Gasteiger partial charge in [0.15, 0.2) is 5.82 Å². The van der Waals surface area contributed by atoms with Crippen molar-refractivity contribution in [3.05, 3.63) is 41.7 Å². The zero-order valence-corrected chi connectivity index (χ0v) is 11.4. The van der Waals surface area contributed by atoms with E-state index in [-0.39, 0.29) is 0 Å². The fourth-order valence-electron chi connectivity index (χ4n) is 2.03. The summed E-state index contributed by atoms with van der Waals surface area (Å²) >= 11 is 0. The van der Waals surface area contributed by atoms with Crippen LogP contribution in [0.15, 0.2) is 30.3 Å². The number of nitrogens with two attached hydrogens (primary N) is 1. The highest BCUT2D eigenvalue weighted by Gasteiger charge is 2.05. The molecule has 1 aromatic heterocycles. The van der Waals surface area contributed by atoms with Crippen LogP contribution < -0.4 is 5.73 Å². The Kier molecular flexibility index (Phi) is 4.47. The molecule has 100 valence electrons. The lowest BCUT2D eigenvalue weighted by Gasteiger charge is -2.07. The van der Waals surface area contributed by atoms with Crippen molar-refractivity contribution < 1.29 is 4.74 Å². The molecule has 0 radical (unpaired) electrons. The Balaban J connectivity index is 2.37. The maximum Gasteiger partial charge on any atom is 0.157 e. The Hall–Kier alpha value is -1.94. The van der Waals surface area contributed by atoms with E-state index in [0.29, 0.717) is 18.2 Å². The molecule has 0 atom stereocenters. The van der Waals surface area contributed by atoms with Crippen LogP contribution in [0, 0.1) is 0 Å². The topological polar surface area (TPSA) is 61.0 Å². The summed E-state index contributed by atoms with van der Waals surface area (Å²) in [5, 5.41) is 0. The highest BCUT2D eigenvalue weighted by atomic mass is 16.5. The molecule has 0 spiro atoms. The third-order valence-electron chi connectivity index (χ3n) is 2.83. The molecule has 2 rings (SSSR count). The number of benzene rings is 1. The number of aryl methyl sites for hydroxylation is 1. The minimum Gasteiger partial charge on any atom is -0.384 e. The number of nitrogen functional groups attached to an aromatic ring is 1. The monoisotopic (exact) mass is 257 g/mol. The Labute approximate surface area is 113 Å². The van der Waals surface area contributed by atoms with Gasteiger partial charge in [0.25, 0.3) is 0 Å². The molecular formula is C15H19N3O. The lowest BCUT2D eigenvalue weighted by atomic mass is 10.0. The number of methoxy groups -OCH3 is 1. The minimum atomic E-state index is 0.368. The molecule has 4 heteroatoms. The van der Waals surface area contributed by atoms with Crippen molar-refractivity contribution in [3.63, 3.8) is 0 Å².